The molecule has 3 aliphatic heterocycles. The highest BCUT2D eigenvalue weighted by Crippen LogP contribution is 2.41. The Labute approximate surface area is 238 Å². The Balaban J connectivity index is 1.59. The van der Waals surface area contributed by atoms with E-state index in [0.29, 0.717) is 37.6 Å². The Bertz CT molecular complexity index is 1380. The summed E-state index contributed by atoms with van der Waals surface area (Å²) in [4.78, 5) is 42.2. The van der Waals surface area contributed by atoms with Crippen LogP contribution in [-0.2, 0) is 4.79 Å². The van der Waals surface area contributed by atoms with Gasteiger partial charge in [-0.2, -0.15) is 4.99 Å². The number of aromatic hydroxyl groups is 1. The molecule has 1 aromatic heterocycles. The van der Waals surface area contributed by atoms with E-state index in [2.05, 4.69) is 21.5 Å². The number of aliphatic imine (C=N–C) groups is 1. The SMILES string of the molecule is C=CC(=O)N1C[C@H](C)N(C2=NC(=O)N(c3c(F)ccnc3C(C)C)C3CN(c4c(O)cccc4F)CCC23)C[C@H]1C. The summed E-state index contributed by atoms with van der Waals surface area (Å²) in [6.07, 6.45) is 3.16. The lowest BCUT2D eigenvalue weighted by Crippen LogP contribution is -2.66. The van der Waals surface area contributed by atoms with Gasteiger partial charge in [0.1, 0.15) is 34.6 Å². The smallest absolute Gasteiger partial charge is 0.350 e. The highest BCUT2D eigenvalue weighted by atomic mass is 19.1. The van der Waals surface area contributed by atoms with Crippen molar-refractivity contribution in [2.45, 2.75) is 58.2 Å². The van der Waals surface area contributed by atoms with Crippen LogP contribution in [0.15, 0.2) is 48.1 Å². The van der Waals surface area contributed by atoms with E-state index in [0.717, 1.165) is 0 Å². The average Bonchev–Trinajstić information content (AvgIpc) is 2.93. The van der Waals surface area contributed by atoms with Gasteiger partial charge in [0.15, 0.2) is 0 Å². The predicted molar refractivity (Wildman–Crippen MR) is 153 cm³/mol. The highest BCUT2D eigenvalue weighted by molar-refractivity contribution is 6.07. The Kier molecular flexibility index (Phi) is 7.72. The number of phenolic OH excluding ortho intramolecular Hbond substituents is 1. The van der Waals surface area contributed by atoms with Crippen LogP contribution in [0.25, 0.3) is 0 Å². The predicted octanol–water partition coefficient (Wildman–Crippen LogP) is 4.53. The van der Waals surface area contributed by atoms with E-state index in [9.17, 15) is 19.1 Å². The molecule has 41 heavy (non-hydrogen) atoms. The van der Waals surface area contributed by atoms with Crippen molar-refractivity contribution in [2.75, 3.05) is 36.0 Å². The topological polar surface area (TPSA) is 92.6 Å². The molecule has 4 heterocycles. The van der Waals surface area contributed by atoms with Crippen LogP contribution in [0.3, 0.4) is 0 Å². The second-order valence-electron chi connectivity index (χ2n) is 11.4. The van der Waals surface area contributed by atoms with Crippen molar-refractivity contribution in [3.05, 3.63) is 60.4 Å². The van der Waals surface area contributed by atoms with E-state index in [-0.39, 0.29) is 53.5 Å². The number of carbonyl (C=O) groups excluding carboxylic acids is 2. The maximum absolute atomic E-state index is 15.5. The second kappa shape index (κ2) is 11.1. The number of pyridine rings is 1. The van der Waals surface area contributed by atoms with Crippen LogP contribution in [0, 0.1) is 17.6 Å². The molecular weight excluding hydrogens is 530 g/mol. The molecule has 2 fully saturated rings. The molecule has 9 nitrogen and oxygen atoms in total. The van der Waals surface area contributed by atoms with Gasteiger partial charge in [-0.05, 0) is 50.5 Å². The van der Waals surface area contributed by atoms with Gasteiger partial charge in [-0.1, -0.05) is 26.5 Å². The first-order valence-electron chi connectivity index (χ1n) is 14.0. The molecule has 2 unspecified atom stereocenters. The van der Waals surface area contributed by atoms with E-state index < -0.39 is 23.7 Å². The molecule has 11 heteroatoms. The number of hydrogen-bond donors (Lipinski definition) is 1. The van der Waals surface area contributed by atoms with Crippen LogP contribution in [0.5, 0.6) is 5.75 Å². The van der Waals surface area contributed by atoms with Crippen molar-refractivity contribution in [2.24, 2.45) is 10.9 Å². The fourth-order valence-corrected chi connectivity index (χ4v) is 6.41. The Morgan fingerprint density at radius 2 is 1.83 bits per heavy atom. The summed E-state index contributed by atoms with van der Waals surface area (Å²) in [6, 6.07) is 3.84. The van der Waals surface area contributed by atoms with Gasteiger partial charge in [0.25, 0.3) is 0 Å². The minimum absolute atomic E-state index is 0.0525. The number of rotatable bonds is 4. The minimum Gasteiger partial charge on any atom is -0.506 e. The molecular formula is C30H36F2N6O3. The number of piperidine rings is 1. The number of hydrogen-bond acceptors (Lipinski definition) is 6. The van der Waals surface area contributed by atoms with Gasteiger partial charge in [-0.15, -0.1) is 0 Å². The fourth-order valence-electron chi connectivity index (χ4n) is 6.41. The zero-order valence-corrected chi connectivity index (χ0v) is 23.8. The van der Waals surface area contributed by atoms with Crippen LogP contribution in [-0.4, -0.2) is 82.0 Å². The zero-order valence-electron chi connectivity index (χ0n) is 23.8. The van der Waals surface area contributed by atoms with Crippen molar-refractivity contribution >= 4 is 29.1 Å². The molecule has 0 saturated carbocycles. The number of urea groups is 1. The number of fused-ring (bicyclic) bond motifs is 1. The average molecular weight is 567 g/mol. The maximum Gasteiger partial charge on any atom is 0.350 e. The van der Waals surface area contributed by atoms with Crippen molar-refractivity contribution < 1.29 is 23.5 Å². The number of aromatic nitrogens is 1. The molecule has 1 N–H and O–H groups in total. The van der Waals surface area contributed by atoms with Crippen molar-refractivity contribution in [3.8, 4) is 5.75 Å². The van der Waals surface area contributed by atoms with Crippen molar-refractivity contribution in [3.63, 3.8) is 0 Å². The number of anilines is 2. The van der Waals surface area contributed by atoms with E-state index in [4.69, 9.17) is 0 Å². The molecule has 1 aromatic carbocycles. The highest BCUT2D eigenvalue weighted by Gasteiger charge is 2.48. The Morgan fingerprint density at radius 1 is 1.10 bits per heavy atom. The fraction of sp³-hybridized carbons (Fsp3) is 0.467. The summed E-state index contributed by atoms with van der Waals surface area (Å²) in [5.41, 5.74) is 0.560. The third-order valence-corrected chi connectivity index (χ3v) is 8.37. The minimum atomic E-state index is -0.626. The number of benzene rings is 1. The number of carbonyl (C=O) groups is 2. The maximum atomic E-state index is 15.5. The van der Waals surface area contributed by atoms with Gasteiger partial charge < -0.3 is 19.8 Å². The summed E-state index contributed by atoms with van der Waals surface area (Å²) >= 11 is 0. The molecule has 0 bridgehead atoms. The van der Waals surface area contributed by atoms with Crippen molar-refractivity contribution in [1.29, 1.82) is 0 Å². The first kappa shape index (κ1) is 28.5. The molecule has 5 rings (SSSR count). The molecule has 218 valence electrons. The number of halogens is 2. The van der Waals surface area contributed by atoms with Gasteiger partial charge in [-0.3, -0.25) is 14.7 Å². The quantitative estimate of drug-likeness (QED) is 0.547. The number of nitrogens with zero attached hydrogens (tertiary/aromatic N) is 6. The number of piperazine rings is 1. The van der Waals surface area contributed by atoms with Gasteiger partial charge in [-0.25, -0.2) is 13.6 Å². The zero-order chi connectivity index (χ0) is 29.6. The first-order chi connectivity index (χ1) is 19.5. The van der Waals surface area contributed by atoms with Crippen LogP contribution >= 0.6 is 0 Å². The Hall–Kier alpha value is -4.02. The second-order valence-corrected chi connectivity index (χ2v) is 11.4. The first-order valence-corrected chi connectivity index (χ1v) is 14.0. The third kappa shape index (κ3) is 5.02. The van der Waals surface area contributed by atoms with Crippen LogP contribution in [0.2, 0.25) is 0 Å². The van der Waals surface area contributed by atoms with Gasteiger partial charge in [0.05, 0.1) is 11.7 Å². The molecule has 2 aromatic rings. The normalized spacial score (nSPS) is 24.9. The number of phenols is 1. The summed E-state index contributed by atoms with van der Waals surface area (Å²) < 4.78 is 30.5. The van der Waals surface area contributed by atoms with Crippen LogP contribution in [0.1, 0.15) is 45.7 Å². The van der Waals surface area contributed by atoms with Crippen LogP contribution < -0.4 is 9.80 Å². The van der Waals surface area contributed by atoms with Crippen LogP contribution in [0.4, 0.5) is 25.0 Å². The lowest BCUT2D eigenvalue weighted by Gasteiger charge is -2.52. The van der Waals surface area contributed by atoms with Crippen molar-refractivity contribution in [1.82, 2.24) is 14.8 Å². The summed E-state index contributed by atoms with van der Waals surface area (Å²) in [5.74, 6) is -1.40. The van der Waals surface area contributed by atoms with Gasteiger partial charge in [0, 0.05) is 50.4 Å². The largest absolute Gasteiger partial charge is 0.506 e. The van der Waals surface area contributed by atoms with E-state index in [1.807, 2.05) is 27.7 Å². The third-order valence-electron chi connectivity index (χ3n) is 8.37. The Morgan fingerprint density at radius 3 is 2.51 bits per heavy atom. The standard InChI is InChI=1S/C30H36F2N6O3/c1-6-25(40)36-14-19(5)37(15-18(36)4)29-20-11-13-35(27-21(31)8-7-9-24(27)39)16-23(20)38(30(41)34-29)28-22(32)10-12-33-26(28)17(2)3/h6-10,12,17-20,23,39H,1,11,13-16H2,2-5H3/t18-,19+,20?,23?/m1/s1. The molecule has 3 aliphatic rings. The van der Waals surface area contributed by atoms with Gasteiger partial charge in [0.2, 0.25) is 5.91 Å². The molecule has 3 amide bonds. The molecule has 0 radical (unpaired) electrons. The lowest BCUT2D eigenvalue weighted by atomic mass is 9.85. The van der Waals surface area contributed by atoms with E-state index in [1.54, 1.807) is 9.80 Å². The number of amides is 3. The van der Waals surface area contributed by atoms with E-state index in [1.165, 1.54) is 41.4 Å². The monoisotopic (exact) mass is 566 g/mol. The summed E-state index contributed by atoms with van der Waals surface area (Å²) in [5, 5.41) is 10.5. The summed E-state index contributed by atoms with van der Waals surface area (Å²) in [6.45, 7) is 12.7. The molecule has 0 spiro atoms. The molecule has 0 aliphatic carbocycles. The van der Waals surface area contributed by atoms with E-state index >= 15 is 4.39 Å². The molecule has 4 atom stereocenters. The number of para-hydroxylation sites is 1. The lowest BCUT2D eigenvalue weighted by molar-refractivity contribution is -0.130. The number of amidine groups is 1. The van der Waals surface area contributed by atoms with Gasteiger partial charge >= 0.3 is 6.03 Å². The molecule has 2 saturated heterocycles. The summed E-state index contributed by atoms with van der Waals surface area (Å²) in [7, 11) is 0.